The molecule has 116 valence electrons. The lowest BCUT2D eigenvalue weighted by molar-refractivity contribution is -0.121. The largest absolute Gasteiger partial charge is 0.496 e. The van der Waals surface area contributed by atoms with Crippen LogP contribution in [-0.2, 0) is 11.2 Å². The second kappa shape index (κ2) is 6.98. The normalized spacial score (nSPS) is 11.8. The molecule has 0 heterocycles. The van der Waals surface area contributed by atoms with Gasteiger partial charge in [0.05, 0.1) is 19.6 Å². The molecule has 1 atom stereocenters. The molecule has 0 radical (unpaired) electrons. The fraction of sp³-hybridized carbons (Fsp3) is 0.278. The number of carbonyl (C=O) groups is 1. The van der Waals surface area contributed by atoms with Gasteiger partial charge < -0.3 is 15.8 Å². The van der Waals surface area contributed by atoms with E-state index in [1.807, 2.05) is 56.3 Å². The molecule has 0 aliphatic rings. The molecule has 1 amide bonds. The Morgan fingerprint density at radius 1 is 1.27 bits per heavy atom. The van der Waals surface area contributed by atoms with E-state index in [1.54, 1.807) is 7.11 Å². The van der Waals surface area contributed by atoms with Crippen LogP contribution in [0.3, 0.4) is 0 Å². The Hall–Kier alpha value is -2.49. The minimum atomic E-state index is -0.122. The minimum Gasteiger partial charge on any atom is -0.496 e. The number of hydrogen-bond acceptors (Lipinski definition) is 3. The number of benzene rings is 2. The SMILES string of the molecule is COc1ccc(C)cc1C(C)NC(=O)Cc1cccc(N)c1. The van der Waals surface area contributed by atoms with Crippen molar-refractivity contribution in [1.82, 2.24) is 5.32 Å². The summed E-state index contributed by atoms with van der Waals surface area (Å²) >= 11 is 0. The maximum absolute atomic E-state index is 12.2. The Kier molecular flexibility index (Phi) is 5.04. The maximum atomic E-state index is 12.2. The monoisotopic (exact) mass is 298 g/mol. The molecular formula is C18H22N2O2. The van der Waals surface area contributed by atoms with Crippen LogP contribution in [0, 0.1) is 6.92 Å². The van der Waals surface area contributed by atoms with Crippen LogP contribution >= 0.6 is 0 Å². The summed E-state index contributed by atoms with van der Waals surface area (Å²) in [5, 5.41) is 3.01. The van der Waals surface area contributed by atoms with Crippen LogP contribution in [0.5, 0.6) is 5.75 Å². The molecule has 0 bridgehead atoms. The quantitative estimate of drug-likeness (QED) is 0.834. The predicted molar refractivity (Wildman–Crippen MR) is 88.8 cm³/mol. The van der Waals surface area contributed by atoms with Gasteiger partial charge in [-0.25, -0.2) is 0 Å². The highest BCUT2D eigenvalue weighted by Crippen LogP contribution is 2.26. The van der Waals surface area contributed by atoms with Gasteiger partial charge in [-0.15, -0.1) is 0 Å². The maximum Gasteiger partial charge on any atom is 0.224 e. The van der Waals surface area contributed by atoms with Gasteiger partial charge in [-0.2, -0.15) is 0 Å². The molecule has 0 aliphatic carbocycles. The minimum absolute atomic E-state index is 0.0401. The summed E-state index contributed by atoms with van der Waals surface area (Å²) in [4.78, 5) is 12.2. The number of nitrogens with one attached hydrogen (secondary N) is 1. The summed E-state index contributed by atoms with van der Waals surface area (Å²) < 4.78 is 5.37. The summed E-state index contributed by atoms with van der Waals surface area (Å²) in [7, 11) is 1.63. The van der Waals surface area contributed by atoms with E-state index in [0.717, 1.165) is 22.4 Å². The third-order valence-corrected chi connectivity index (χ3v) is 3.54. The van der Waals surface area contributed by atoms with Crippen molar-refractivity contribution in [2.45, 2.75) is 26.3 Å². The van der Waals surface area contributed by atoms with Crippen LogP contribution < -0.4 is 15.8 Å². The van der Waals surface area contributed by atoms with Crippen molar-refractivity contribution >= 4 is 11.6 Å². The first-order valence-electron chi connectivity index (χ1n) is 7.28. The highest BCUT2D eigenvalue weighted by molar-refractivity contribution is 5.79. The van der Waals surface area contributed by atoms with Gasteiger partial charge in [-0.05, 0) is 37.6 Å². The lowest BCUT2D eigenvalue weighted by Crippen LogP contribution is -2.28. The molecule has 0 aliphatic heterocycles. The van der Waals surface area contributed by atoms with Gasteiger partial charge in [0.25, 0.3) is 0 Å². The van der Waals surface area contributed by atoms with E-state index < -0.39 is 0 Å². The summed E-state index contributed by atoms with van der Waals surface area (Å²) in [5.41, 5.74) is 9.41. The first-order valence-corrected chi connectivity index (χ1v) is 7.28. The van der Waals surface area contributed by atoms with Gasteiger partial charge in [0.15, 0.2) is 0 Å². The molecule has 1 unspecified atom stereocenters. The molecule has 2 aromatic rings. The molecule has 0 spiro atoms. The van der Waals surface area contributed by atoms with Gasteiger partial charge >= 0.3 is 0 Å². The lowest BCUT2D eigenvalue weighted by Gasteiger charge is -2.18. The molecule has 0 aromatic heterocycles. The predicted octanol–water partition coefficient (Wildman–Crippen LogP) is 3.01. The zero-order valence-electron chi connectivity index (χ0n) is 13.2. The third kappa shape index (κ3) is 4.01. The van der Waals surface area contributed by atoms with Crippen LogP contribution in [0.2, 0.25) is 0 Å². The highest BCUT2D eigenvalue weighted by atomic mass is 16.5. The Morgan fingerprint density at radius 2 is 2.05 bits per heavy atom. The second-order valence-corrected chi connectivity index (χ2v) is 5.46. The molecular weight excluding hydrogens is 276 g/mol. The average molecular weight is 298 g/mol. The molecule has 4 nitrogen and oxygen atoms in total. The van der Waals surface area contributed by atoms with Crippen LogP contribution in [0.25, 0.3) is 0 Å². The summed E-state index contributed by atoms with van der Waals surface area (Å²) in [6, 6.07) is 13.2. The Bertz CT molecular complexity index is 668. The van der Waals surface area contributed by atoms with Gasteiger partial charge in [0, 0.05) is 11.3 Å². The Labute approximate surface area is 131 Å². The van der Waals surface area contributed by atoms with Gasteiger partial charge in [0.1, 0.15) is 5.75 Å². The number of nitrogens with two attached hydrogens (primary N) is 1. The molecule has 0 saturated carbocycles. The van der Waals surface area contributed by atoms with Crippen molar-refractivity contribution in [2.24, 2.45) is 0 Å². The topological polar surface area (TPSA) is 64.3 Å². The van der Waals surface area contributed by atoms with E-state index in [-0.39, 0.29) is 11.9 Å². The van der Waals surface area contributed by atoms with Gasteiger partial charge in [0.2, 0.25) is 5.91 Å². The van der Waals surface area contributed by atoms with E-state index in [2.05, 4.69) is 5.32 Å². The number of carbonyl (C=O) groups excluding carboxylic acids is 1. The molecule has 22 heavy (non-hydrogen) atoms. The molecule has 0 saturated heterocycles. The van der Waals surface area contributed by atoms with Crippen LogP contribution in [0.15, 0.2) is 42.5 Å². The van der Waals surface area contributed by atoms with E-state index >= 15 is 0 Å². The molecule has 3 N–H and O–H groups in total. The zero-order valence-corrected chi connectivity index (χ0v) is 13.2. The Morgan fingerprint density at radius 3 is 2.73 bits per heavy atom. The fourth-order valence-corrected chi connectivity index (χ4v) is 2.45. The van der Waals surface area contributed by atoms with E-state index in [0.29, 0.717) is 12.1 Å². The third-order valence-electron chi connectivity index (χ3n) is 3.54. The van der Waals surface area contributed by atoms with E-state index in [9.17, 15) is 4.79 Å². The van der Waals surface area contributed by atoms with Crippen molar-refractivity contribution in [1.29, 1.82) is 0 Å². The lowest BCUT2D eigenvalue weighted by atomic mass is 10.0. The van der Waals surface area contributed by atoms with Gasteiger partial charge in [-0.3, -0.25) is 4.79 Å². The zero-order chi connectivity index (χ0) is 16.1. The number of rotatable bonds is 5. The van der Waals surface area contributed by atoms with Crippen molar-refractivity contribution in [3.8, 4) is 5.75 Å². The van der Waals surface area contributed by atoms with E-state index in [4.69, 9.17) is 10.5 Å². The highest BCUT2D eigenvalue weighted by Gasteiger charge is 2.14. The number of nitrogen functional groups attached to an aromatic ring is 1. The first kappa shape index (κ1) is 15.9. The van der Waals surface area contributed by atoms with Crippen LogP contribution in [-0.4, -0.2) is 13.0 Å². The smallest absolute Gasteiger partial charge is 0.224 e. The summed E-state index contributed by atoms with van der Waals surface area (Å²) in [5.74, 6) is 0.740. The van der Waals surface area contributed by atoms with Crippen LogP contribution in [0.1, 0.15) is 29.7 Å². The Balaban J connectivity index is 2.06. The van der Waals surface area contributed by atoms with Crippen molar-refractivity contribution in [2.75, 3.05) is 12.8 Å². The van der Waals surface area contributed by atoms with Crippen LogP contribution in [0.4, 0.5) is 5.69 Å². The average Bonchev–Trinajstić information content (AvgIpc) is 2.47. The number of ether oxygens (including phenoxy) is 1. The van der Waals surface area contributed by atoms with E-state index in [1.165, 1.54) is 0 Å². The molecule has 4 heteroatoms. The number of aryl methyl sites for hydroxylation is 1. The molecule has 2 rings (SSSR count). The molecule has 2 aromatic carbocycles. The molecule has 0 fully saturated rings. The van der Waals surface area contributed by atoms with Gasteiger partial charge in [-0.1, -0.05) is 29.8 Å². The standard InChI is InChI=1S/C18H22N2O2/c1-12-7-8-17(22-3)16(9-12)13(2)20-18(21)11-14-5-4-6-15(19)10-14/h4-10,13H,11,19H2,1-3H3,(H,20,21). The second-order valence-electron chi connectivity index (χ2n) is 5.46. The number of amides is 1. The number of anilines is 1. The first-order chi connectivity index (χ1) is 10.5. The van der Waals surface area contributed by atoms with Crippen molar-refractivity contribution in [3.63, 3.8) is 0 Å². The summed E-state index contributed by atoms with van der Waals surface area (Å²) in [6.45, 7) is 3.97. The van der Waals surface area contributed by atoms with Crippen molar-refractivity contribution < 1.29 is 9.53 Å². The number of methoxy groups -OCH3 is 1. The number of hydrogen-bond donors (Lipinski definition) is 2. The summed E-state index contributed by atoms with van der Waals surface area (Å²) in [6.07, 6.45) is 0.309. The van der Waals surface area contributed by atoms with Crippen molar-refractivity contribution in [3.05, 3.63) is 59.2 Å². The fourth-order valence-electron chi connectivity index (χ4n) is 2.45.